The van der Waals surface area contributed by atoms with E-state index in [4.69, 9.17) is 5.11 Å². The van der Waals surface area contributed by atoms with Gasteiger partial charge >= 0.3 is 5.97 Å². The van der Waals surface area contributed by atoms with Crippen LogP contribution in [0.25, 0.3) is 11.1 Å². The highest BCUT2D eigenvalue weighted by molar-refractivity contribution is 5.87. The van der Waals surface area contributed by atoms with E-state index in [1.807, 2.05) is 0 Å². The van der Waals surface area contributed by atoms with E-state index in [-0.39, 0.29) is 17.3 Å². The first-order valence-electron chi connectivity index (χ1n) is 8.85. The first kappa shape index (κ1) is 17.2. The van der Waals surface area contributed by atoms with E-state index >= 15 is 0 Å². The number of anilines is 1. The van der Waals surface area contributed by atoms with Gasteiger partial charge in [-0.25, -0.2) is 14.2 Å². The lowest BCUT2D eigenvalue weighted by Crippen LogP contribution is -2.35. The summed E-state index contributed by atoms with van der Waals surface area (Å²) < 4.78 is 13.2. The number of aromatic nitrogens is 3. The van der Waals surface area contributed by atoms with Crippen molar-refractivity contribution in [1.29, 1.82) is 0 Å². The number of pyridine rings is 1. The molecular weight excluding hydrogens is 347 g/mol. The lowest BCUT2D eigenvalue weighted by molar-refractivity contribution is 0.0696. The van der Waals surface area contributed by atoms with E-state index < -0.39 is 5.97 Å². The second-order valence-electron chi connectivity index (χ2n) is 6.70. The van der Waals surface area contributed by atoms with E-state index in [1.54, 1.807) is 30.5 Å². The third kappa shape index (κ3) is 3.53. The van der Waals surface area contributed by atoms with E-state index in [0.717, 1.165) is 48.6 Å². The maximum absolute atomic E-state index is 13.2. The maximum atomic E-state index is 13.2. The fraction of sp³-hybridized carbons (Fsp3) is 0.250. The first-order chi connectivity index (χ1) is 13.1. The highest BCUT2D eigenvalue weighted by atomic mass is 19.1. The SMILES string of the molecule is O=C(O)c1ccc(N2CCCC(c3[nH]ncc3-c3ccc(F)cc3)C2)nc1. The molecule has 0 aliphatic carbocycles. The number of hydrogen-bond acceptors (Lipinski definition) is 4. The fourth-order valence-electron chi connectivity index (χ4n) is 3.59. The summed E-state index contributed by atoms with van der Waals surface area (Å²) in [7, 11) is 0. The Labute approximate surface area is 155 Å². The van der Waals surface area contributed by atoms with Crippen molar-refractivity contribution in [3.63, 3.8) is 0 Å². The van der Waals surface area contributed by atoms with Crippen LogP contribution in [0.5, 0.6) is 0 Å². The van der Waals surface area contributed by atoms with E-state index in [0.29, 0.717) is 0 Å². The molecule has 0 saturated carbocycles. The molecule has 3 aromatic rings. The molecule has 0 bridgehead atoms. The molecule has 4 rings (SSSR count). The topological polar surface area (TPSA) is 82.1 Å². The fourth-order valence-corrected chi connectivity index (χ4v) is 3.59. The van der Waals surface area contributed by atoms with Crippen LogP contribution in [-0.4, -0.2) is 39.3 Å². The van der Waals surface area contributed by atoms with Crippen LogP contribution in [0.4, 0.5) is 10.2 Å². The van der Waals surface area contributed by atoms with Crippen molar-refractivity contribution in [3.8, 4) is 11.1 Å². The van der Waals surface area contributed by atoms with Crippen LogP contribution in [0, 0.1) is 5.82 Å². The Morgan fingerprint density at radius 1 is 1.19 bits per heavy atom. The Kier molecular flexibility index (Phi) is 4.58. The lowest BCUT2D eigenvalue weighted by atomic mass is 9.90. The van der Waals surface area contributed by atoms with Crippen LogP contribution in [0.2, 0.25) is 0 Å². The molecule has 7 heteroatoms. The number of aromatic carboxylic acids is 1. The summed E-state index contributed by atoms with van der Waals surface area (Å²) in [5.74, 6) is -0.231. The smallest absolute Gasteiger partial charge is 0.337 e. The molecule has 1 saturated heterocycles. The number of nitrogens with one attached hydrogen (secondary N) is 1. The molecule has 1 atom stereocenters. The van der Waals surface area contributed by atoms with Crippen LogP contribution in [-0.2, 0) is 0 Å². The standard InChI is InChI=1S/C20H19FN4O2/c21-16-6-3-13(4-7-16)17-11-23-24-19(17)15-2-1-9-25(12-15)18-8-5-14(10-22-18)20(26)27/h3-8,10-11,15H,1-2,9,12H2,(H,23,24)(H,26,27). The molecule has 1 aliphatic rings. The number of H-pyrrole nitrogens is 1. The number of carboxylic acid groups (broad SMARTS) is 1. The van der Waals surface area contributed by atoms with Gasteiger partial charge in [0.15, 0.2) is 0 Å². The molecule has 27 heavy (non-hydrogen) atoms. The third-order valence-electron chi connectivity index (χ3n) is 4.97. The summed E-state index contributed by atoms with van der Waals surface area (Å²) in [6, 6.07) is 9.75. The number of carbonyl (C=O) groups is 1. The average Bonchev–Trinajstić information content (AvgIpc) is 3.18. The van der Waals surface area contributed by atoms with Crippen molar-refractivity contribution < 1.29 is 14.3 Å². The third-order valence-corrected chi connectivity index (χ3v) is 4.97. The van der Waals surface area contributed by atoms with Crippen molar-refractivity contribution in [2.45, 2.75) is 18.8 Å². The molecule has 2 aromatic heterocycles. The van der Waals surface area contributed by atoms with Gasteiger partial charge in [-0.2, -0.15) is 5.10 Å². The zero-order valence-electron chi connectivity index (χ0n) is 14.6. The molecule has 3 heterocycles. The number of piperidine rings is 1. The molecular formula is C20H19FN4O2. The van der Waals surface area contributed by atoms with Gasteiger partial charge in [0.05, 0.1) is 11.8 Å². The lowest BCUT2D eigenvalue weighted by Gasteiger charge is -2.33. The molecule has 1 aliphatic heterocycles. The molecule has 2 N–H and O–H groups in total. The van der Waals surface area contributed by atoms with Crippen LogP contribution < -0.4 is 4.90 Å². The minimum Gasteiger partial charge on any atom is -0.478 e. The summed E-state index contributed by atoms with van der Waals surface area (Å²) in [5.41, 5.74) is 3.13. The quantitative estimate of drug-likeness (QED) is 0.736. The van der Waals surface area contributed by atoms with E-state index in [9.17, 15) is 9.18 Å². The second kappa shape index (κ2) is 7.19. The zero-order chi connectivity index (χ0) is 18.8. The zero-order valence-corrected chi connectivity index (χ0v) is 14.6. The Hall–Kier alpha value is -3.22. The predicted molar refractivity (Wildman–Crippen MR) is 99.4 cm³/mol. The number of rotatable bonds is 4. The van der Waals surface area contributed by atoms with Crippen molar-refractivity contribution >= 4 is 11.8 Å². The molecule has 1 aromatic carbocycles. The minimum absolute atomic E-state index is 0.180. The summed E-state index contributed by atoms with van der Waals surface area (Å²) >= 11 is 0. The predicted octanol–water partition coefficient (Wildman–Crippen LogP) is 3.69. The van der Waals surface area contributed by atoms with Crippen molar-refractivity contribution in [1.82, 2.24) is 15.2 Å². The summed E-state index contributed by atoms with van der Waals surface area (Å²) in [6.45, 7) is 1.63. The van der Waals surface area contributed by atoms with Crippen molar-refractivity contribution in [2.75, 3.05) is 18.0 Å². The van der Waals surface area contributed by atoms with Gasteiger partial charge in [-0.05, 0) is 42.7 Å². The number of carboxylic acids is 1. The highest BCUT2D eigenvalue weighted by Crippen LogP contribution is 2.34. The maximum Gasteiger partial charge on any atom is 0.337 e. The molecule has 1 fully saturated rings. The van der Waals surface area contributed by atoms with Gasteiger partial charge in [0.2, 0.25) is 0 Å². The van der Waals surface area contributed by atoms with Gasteiger partial charge in [-0.3, -0.25) is 5.10 Å². The summed E-state index contributed by atoms with van der Waals surface area (Å²) in [4.78, 5) is 17.5. The molecule has 0 radical (unpaired) electrons. The Morgan fingerprint density at radius 2 is 2.00 bits per heavy atom. The normalized spacial score (nSPS) is 17.1. The van der Waals surface area contributed by atoms with Crippen molar-refractivity contribution in [2.24, 2.45) is 0 Å². The van der Waals surface area contributed by atoms with Gasteiger partial charge in [0, 0.05) is 36.5 Å². The Morgan fingerprint density at radius 3 is 2.70 bits per heavy atom. The Bertz CT molecular complexity index is 937. The Balaban J connectivity index is 1.56. The summed E-state index contributed by atoms with van der Waals surface area (Å²) in [5, 5.41) is 16.3. The number of nitrogens with zero attached hydrogens (tertiary/aromatic N) is 3. The van der Waals surface area contributed by atoms with Crippen LogP contribution in [0.15, 0.2) is 48.8 Å². The van der Waals surface area contributed by atoms with Gasteiger partial charge in [-0.1, -0.05) is 12.1 Å². The number of aromatic amines is 1. The minimum atomic E-state index is -0.980. The largest absolute Gasteiger partial charge is 0.478 e. The van der Waals surface area contributed by atoms with Gasteiger partial charge in [0.1, 0.15) is 11.6 Å². The van der Waals surface area contributed by atoms with Gasteiger partial charge in [0.25, 0.3) is 0 Å². The van der Waals surface area contributed by atoms with Crippen LogP contribution in [0.3, 0.4) is 0 Å². The number of halogens is 1. The van der Waals surface area contributed by atoms with Gasteiger partial charge < -0.3 is 10.0 Å². The van der Waals surface area contributed by atoms with Crippen LogP contribution in [0.1, 0.15) is 34.8 Å². The van der Waals surface area contributed by atoms with Crippen molar-refractivity contribution in [3.05, 3.63) is 65.9 Å². The molecule has 6 nitrogen and oxygen atoms in total. The highest BCUT2D eigenvalue weighted by Gasteiger charge is 2.26. The van der Waals surface area contributed by atoms with Gasteiger partial charge in [-0.15, -0.1) is 0 Å². The average molecular weight is 366 g/mol. The molecule has 1 unspecified atom stereocenters. The number of hydrogen-bond donors (Lipinski definition) is 2. The molecule has 138 valence electrons. The monoisotopic (exact) mass is 366 g/mol. The number of benzene rings is 1. The molecule has 0 amide bonds. The van der Waals surface area contributed by atoms with E-state index in [1.165, 1.54) is 18.3 Å². The van der Waals surface area contributed by atoms with Crippen LogP contribution >= 0.6 is 0 Å². The molecule has 0 spiro atoms. The second-order valence-corrected chi connectivity index (χ2v) is 6.70. The first-order valence-corrected chi connectivity index (χ1v) is 8.85. The summed E-state index contributed by atoms with van der Waals surface area (Å²) in [6.07, 6.45) is 5.18. The van der Waals surface area contributed by atoms with E-state index in [2.05, 4.69) is 20.1 Å².